The molecule has 11 nitrogen and oxygen atoms in total. The largest absolute Gasteiger partial charge is 0.452 e. The van der Waals surface area contributed by atoms with Crippen LogP contribution >= 0.6 is 0 Å². The molecule has 2 atom stereocenters. The third-order valence-corrected chi connectivity index (χ3v) is 6.19. The summed E-state index contributed by atoms with van der Waals surface area (Å²) in [5.74, 6) is -0.741. The van der Waals surface area contributed by atoms with Gasteiger partial charge in [0.25, 0.3) is 0 Å². The van der Waals surface area contributed by atoms with E-state index in [0.29, 0.717) is 15.8 Å². The lowest BCUT2D eigenvalue weighted by Gasteiger charge is -2.13. The van der Waals surface area contributed by atoms with Crippen molar-refractivity contribution in [3.05, 3.63) is 82.5 Å². The van der Waals surface area contributed by atoms with Gasteiger partial charge >= 0.3 is 11.9 Å². The second-order valence-electron chi connectivity index (χ2n) is 9.21. The maximum absolute atomic E-state index is 15.0. The summed E-state index contributed by atoms with van der Waals surface area (Å²) < 4.78 is 70.2. The lowest BCUT2D eigenvalue weighted by atomic mass is 10.1. The molecule has 15 heteroatoms. The number of hydrogen-bond acceptors (Lipinski definition) is 8. The van der Waals surface area contributed by atoms with Gasteiger partial charge in [0.05, 0.1) is 6.20 Å². The fraction of sp³-hybridized carbons (Fsp3) is 0.240. The number of aromatic nitrogens is 7. The Bertz CT molecular complexity index is 1760. The summed E-state index contributed by atoms with van der Waals surface area (Å²) in [6.45, 7) is 3.64. The zero-order valence-electron chi connectivity index (χ0n) is 20.8. The van der Waals surface area contributed by atoms with Crippen molar-refractivity contribution in [2.45, 2.75) is 38.4 Å². The predicted molar refractivity (Wildman–Crippen MR) is 133 cm³/mol. The number of benzene rings is 1. The summed E-state index contributed by atoms with van der Waals surface area (Å²) in [5, 5.41) is 14.0. The average Bonchev–Trinajstić information content (AvgIpc) is 3.34. The molecule has 1 aromatic carbocycles. The van der Waals surface area contributed by atoms with Crippen molar-refractivity contribution >= 4 is 16.9 Å². The van der Waals surface area contributed by atoms with E-state index in [1.54, 1.807) is 0 Å². The van der Waals surface area contributed by atoms with Crippen molar-refractivity contribution in [3.8, 4) is 17.3 Å². The first-order valence-corrected chi connectivity index (χ1v) is 12.0. The van der Waals surface area contributed by atoms with Crippen LogP contribution in [0, 0.1) is 5.82 Å². The highest BCUT2D eigenvalue weighted by atomic mass is 19.4. The minimum atomic E-state index is -4.75. The monoisotopic (exact) mass is 556 g/mol. The highest BCUT2D eigenvalue weighted by Gasteiger charge is 2.49. The molecule has 5 aromatic rings. The number of hydrogen-bond donors (Lipinski definition) is 2. The molecule has 1 aliphatic heterocycles. The summed E-state index contributed by atoms with van der Waals surface area (Å²) in [4.78, 5) is 19.1. The minimum absolute atomic E-state index is 0.0969. The molecule has 0 aliphatic carbocycles. The number of anilines is 1. The van der Waals surface area contributed by atoms with Crippen molar-refractivity contribution in [2.75, 3.05) is 5.32 Å². The van der Waals surface area contributed by atoms with Crippen LogP contribution in [-0.2, 0) is 10.9 Å². The van der Waals surface area contributed by atoms with Crippen molar-refractivity contribution in [2.24, 2.45) is 0 Å². The Morgan fingerprint density at radius 3 is 2.67 bits per heavy atom. The number of H-pyrrole nitrogens is 1. The highest BCUT2D eigenvalue weighted by Crippen LogP contribution is 2.45. The summed E-state index contributed by atoms with van der Waals surface area (Å²) in [6, 6.07) is 8.09. The summed E-state index contributed by atoms with van der Waals surface area (Å²) in [7, 11) is 0. The number of epoxide rings is 1. The number of aromatic amines is 1. The first-order chi connectivity index (χ1) is 19.1. The van der Waals surface area contributed by atoms with Crippen molar-refractivity contribution in [1.82, 2.24) is 34.5 Å². The van der Waals surface area contributed by atoms with Crippen LogP contribution in [0.5, 0.6) is 11.5 Å². The Balaban J connectivity index is 1.22. The van der Waals surface area contributed by atoms with Gasteiger partial charge < -0.3 is 14.8 Å². The number of nitrogens with zero attached hydrogens (tertiary/aromatic N) is 6. The Morgan fingerprint density at radius 1 is 1.15 bits per heavy atom. The van der Waals surface area contributed by atoms with Crippen molar-refractivity contribution in [1.29, 1.82) is 0 Å². The van der Waals surface area contributed by atoms with E-state index >= 15 is 4.39 Å². The van der Waals surface area contributed by atoms with Gasteiger partial charge in [0, 0.05) is 41.8 Å². The van der Waals surface area contributed by atoms with Gasteiger partial charge in [-0.1, -0.05) is 0 Å². The second-order valence-corrected chi connectivity index (χ2v) is 9.21. The molecule has 2 unspecified atom stereocenters. The highest BCUT2D eigenvalue weighted by molar-refractivity contribution is 5.78. The number of alkyl halides is 3. The maximum Gasteiger partial charge on any atom is 0.433 e. The van der Waals surface area contributed by atoms with Gasteiger partial charge in [-0.05, 0) is 38.1 Å². The summed E-state index contributed by atoms with van der Waals surface area (Å²) >= 11 is 0. The van der Waals surface area contributed by atoms with E-state index in [-0.39, 0.29) is 40.3 Å². The van der Waals surface area contributed by atoms with Crippen LogP contribution in [-0.4, -0.2) is 40.7 Å². The molecule has 1 saturated heterocycles. The fourth-order valence-corrected chi connectivity index (χ4v) is 4.45. The number of imidazole rings is 1. The topological polar surface area (TPSA) is 128 Å². The van der Waals surface area contributed by atoms with Gasteiger partial charge in [0.2, 0.25) is 0 Å². The van der Waals surface area contributed by atoms with Gasteiger partial charge in [0.15, 0.2) is 40.7 Å². The fourth-order valence-electron chi connectivity index (χ4n) is 4.45. The number of fused-ring (bicyclic) bond motifs is 1. The molecule has 0 amide bonds. The molecular weight excluding hydrogens is 536 g/mol. The predicted octanol–water partition coefficient (Wildman–Crippen LogP) is 4.74. The van der Waals surface area contributed by atoms with Crippen LogP contribution in [0.3, 0.4) is 0 Å². The van der Waals surface area contributed by atoms with Gasteiger partial charge in [-0.25, -0.2) is 18.9 Å². The molecule has 1 fully saturated rings. The zero-order chi connectivity index (χ0) is 28.2. The molecule has 206 valence electrons. The third kappa shape index (κ3) is 4.53. The third-order valence-electron chi connectivity index (χ3n) is 6.19. The lowest BCUT2D eigenvalue weighted by Crippen LogP contribution is -2.18. The minimum Gasteiger partial charge on any atom is -0.452 e. The van der Waals surface area contributed by atoms with Gasteiger partial charge in [-0.3, -0.25) is 9.55 Å². The number of nitrogens with one attached hydrogen (secondary N) is 2. The molecule has 40 heavy (non-hydrogen) atoms. The molecule has 2 N–H and O–H groups in total. The Hall–Kier alpha value is -4.79. The first-order valence-electron chi connectivity index (χ1n) is 12.0. The van der Waals surface area contributed by atoms with Crippen LogP contribution in [0.2, 0.25) is 0 Å². The SMILES string of the molecule is CC(C)n1c(=O)[nH]c2nccc(Oc3ccc(NC4OC4c4cnn(-c5cccnn5)c4C(F)(F)F)cc3F)c21. The molecule has 0 saturated carbocycles. The smallest absolute Gasteiger partial charge is 0.433 e. The quantitative estimate of drug-likeness (QED) is 0.217. The molecule has 5 heterocycles. The Morgan fingerprint density at radius 2 is 1.98 bits per heavy atom. The average molecular weight is 556 g/mol. The zero-order valence-corrected chi connectivity index (χ0v) is 20.8. The maximum atomic E-state index is 15.0. The molecular formula is C25H20F4N8O3. The van der Waals surface area contributed by atoms with Crippen molar-refractivity contribution < 1.29 is 27.0 Å². The first kappa shape index (κ1) is 25.5. The van der Waals surface area contributed by atoms with Crippen LogP contribution in [0.15, 0.2) is 59.8 Å². The Labute approximate surface area is 222 Å². The van der Waals surface area contributed by atoms with Crippen LogP contribution in [0.25, 0.3) is 17.0 Å². The summed E-state index contributed by atoms with van der Waals surface area (Å²) in [6.07, 6.45) is -2.75. The molecule has 0 bridgehead atoms. The van der Waals surface area contributed by atoms with E-state index in [1.807, 2.05) is 13.8 Å². The Kier molecular flexibility index (Phi) is 6.02. The van der Waals surface area contributed by atoms with Gasteiger partial charge in [0.1, 0.15) is 11.6 Å². The van der Waals surface area contributed by atoms with E-state index in [4.69, 9.17) is 9.47 Å². The van der Waals surface area contributed by atoms with E-state index in [2.05, 4.69) is 30.6 Å². The van der Waals surface area contributed by atoms with Crippen LogP contribution < -0.4 is 15.7 Å². The number of rotatable bonds is 7. The van der Waals surface area contributed by atoms with Gasteiger partial charge in [-0.2, -0.15) is 23.4 Å². The van der Waals surface area contributed by atoms with E-state index in [1.165, 1.54) is 47.3 Å². The second kappa shape index (κ2) is 9.44. The van der Waals surface area contributed by atoms with Gasteiger partial charge in [-0.15, -0.1) is 5.10 Å². The molecule has 4 aromatic heterocycles. The number of halogens is 4. The molecule has 1 aliphatic rings. The number of pyridine rings is 1. The van der Waals surface area contributed by atoms with Crippen LogP contribution in [0.4, 0.5) is 23.2 Å². The summed E-state index contributed by atoms with van der Waals surface area (Å²) in [5.41, 5.74) is -0.657. The molecule has 6 rings (SSSR count). The number of ether oxygens (including phenoxy) is 2. The normalized spacial score (nSPS) is 17.0. The molecule has 0 radical (unpaired) electrons. The van der Waals surface area contributed by atoms with Crippen LogP contribution in [0.1, 0.15) is 37.3 Å². The molecule has 0 spiro atoms. The lowest BCUT2D eigenvalue weighted by molar-refractivity contribution is -0.143. The van der Waals surface area contributed by atoms with E-state index < -0.39 is 30.0 Å². The van der Waals surface area contributed by atoms with E-state index in [0.717, 1.165) is 12.3 Å². The van der Waals surface area contributed by atoms with E-state index in [9.17, 15) is 18.0 Å². The standard InChI is InChI=1S/C25H20F4N8O3/c1-12(2)36-19-17(7-9-30-22(19)34-24(36)38)39-16-6-5-13(10-15(16)26)33-23-20(40-23)14-11-32-37(21(14)25(27,28)29)18-4-3-8-31-35-18/h3-12,20,23,33H,1-2H3,(H,30,34,38). The van der Waals surface area contributed by atoms with Crippen molar-refractivity contribution in [3.63, 3.8) is 0 Å².